The fraction of sp³-hybridized carbons (Fsp3) is 0.320. The van der Waals surface area contributed by atoms with Gasteiger partial charge >= 0.3 is 5.97 Å². The molecule has 7 heteroatoms. The maximum absolute atomic E-state index is 12.9. The Kier molecular flexibility index (Phi) is 6.54. The third-order valence-electron chi connectivity index (χ3n) is 5.40. The highest BCUT2D eigenvalue weighted by atomic mass is 16.5. The van der Waals surface area contributed by atoms with E-state index in [1.165, 1.54) is 11.9 Å². The summed E-state index contributed by atoms with van der Waals surface area (Å²) in [5.41, 5.74) is 4.65. The number of fused-ring (bicyclic) bond motifs is 1. The largest absolute Gasteiger partial charge is 0.489 e. The molecule has 4 rings (SSSR count). The van der Waals surface area contributed by atoms with Crippen molar-refractivity contribution in [3.8, 4) is 5.75 Å². The van der Waals surface area contributed by atoms with Crippen LogP contribution in [0, 0.1) is 6.92 Å². The van der Waals surface area contributed by atoms with Gasteiger partial charge < -0.3 is 14.8 Å². The average Bonchev–Trinajstić information content (AvgIpc) is 3.27. The second-order valence-electron chi connectivity index (χ2n) is 7.76. The van der Waals surface area contributed by atoms with E-state index in [-0.39, 0.29) is 5.97 Å². The van der Waals surface area contributed by atoms with Gasteiger partial charge in [0.15, 0.2) is 0 Å². The Hall–Kier alpha value is -3.61. The number of benzene rings is 2. The van der Waals surface area contributed by atoms with E-state index in [0.29, 0.717) is 24.7 Å². The summed E-state index contributed by atoms with van der Waals surface area (Å²) >= 11 is 0. The zero-order valence-corrected chi connectivity index (χ0v) is 18.7. The molecule has 0 spiro atoms. The lowest BCUT2D eigenvalue weighted by atomic mass is 9.94. The minimum absolute atomic E-state index is 0.310. The number of ether oxygens (including phenoxy) is 2. The van der Waals surface area contributed by atoms with E-state index in [1.807, 2.05) is 31.2 Å². The molecule has 7 nitrogen and oxygen atoms in total. The third kappa shape index (κ3) is 4.51. The lowest BCUT2D eigenvalue weighted by molar-refractivity contribution is -0.139. The number of hydrogen-bond acceptors (Lipinski definition) is 6. The number of allylic oxidation sites excluding steroid dienone is 1. The van der Waals surface area contributed by atoms with E-state index in [9.17, 15) is 4.79 Å². The predicted octanol–water partition coefficient (Wildman–Crippen LogP) is 4.80. The van der Waals surface area contributed by atoms with Gasteiger partial charge in [0.25, 0.3) is 0 Å². The van der Waals surface area contributed by atoms with Crippen molar-refractivity contribution >= 4 is 11.9 Å². The molecule has 0 unspecified atom stereocenters. The van der Waals surface area contributed by atoms with Gasteiger partial charge in [0.1, 0.15) is 24.7 Å². The van der Waals surface area contributed by atoms with Gasteiger partial charge in [-0.15, -0.1) is 0 Å². The highest BCUT2D eigenvalue weighted by molar-refractivity contribution is 5.92. The molecule has 2 aromatic carbocycles. The summed E-state index contributed by atoms with van der Waals surface area (Å²) in [6, 6.07) is 15.6. The molecule has 1 aliphatic rings. The number of aryl methyl sites for hydroxylation is 1. The van der Waals surface area contributed by atoms with Crippen LogP contribution in [0.15, 0.2) is 66.1 Å². The number of aromatic nitrogens is 3. The molecule has 1 aromatic heterocycles. The minimum Gasteiger partial charge on any atom is -0.489 e. The second-order valence-corrected chi connectivity index (χ2v) is 7.76. The highest BCUT2D eigenvalue weighted by Gasteiger charge is 2.35. The van der Waals surface area contributed by atoms with Crippen molar-refractivity contribution in [2.24, 2.45) is 0 Å². The lowest BCUT2D eigenvalue weighted by Crippen LogP contribution is -2.30. The first-order valence-corrected chi connectivity index (χ1v) is 11.0. The molecule has 1 aliphatic heterocycles. The van der Waals surface area contributed by atoms with Gasteiger partial charge in [0.05, 0.1) is 12.2 Å². The molecule has 0 saturated heterocycles. The van der Waals surface area contributed by atoms with Gasteiger partial charge in [-0.1, -0.05) is 55.3 Å². The van der Waals surface area contributed by atoms with E-state index < -0.39 is 6.04 Å². The number of anilines is 1. The van der Waals surface area contributed by atoms with Gasteiger partial charge in [0.2, 0.25) is 5.95 Å². The molecule has 0 fully saturated rings. The van der Waals surface area contributed by atoms with Crippen LogP contribution in [0.5, 0.6) is 5.75 Å². The van der Waals surface area contributed by atoms with E-state index in [4.69, 9.17) is 9.47 Å². The van der Waals surface area contributed by atoms with Crippen LogP contribution in [0.4, 0.5) is 5.95 Å². The first kappa shape index (κ1) is 21.6. The van der Waals surface area contributed by atoms with E-state index in [0.717, 1.165) is 35.4 Å². The molecule has 3 aromatic rings. The van der Waals surface area contributed by atoms with Crippen LogP contribution in [0.2, 0.25) is 0 Å². The van der Waals surface area contributed by atoms with E-state index in [1.54, 1.807) is 4.68 Å². The van der Waals surface area contributed by atoms with Crippen molar-refractivity contribution in [2.75, 3.05) is 11.9 Å². The van der Waals surface area contributed by atoms with Crippen LogP contribution in [-0.4, -0.2) is 27.3 Å². The fourth-order valence-corrected chi connectivity index (χ4v) is 3.81. The fourth-order valence-electron chi connectivity index (χ4n) is 3.81. The molecule has 0 bridgehead atoms. The zero-order valence-electron chi connectivity index (χ0n) is 18.7. The molecule has 0 amide bonds. The first-order chi connectivity index (χ1) is 15.6. The van der Waals surface area contributed by atoms with E-state index in [2.05, 4.69) is 53.5 Å². The van der Waals surface area contributed by atoms with Crippen LogP contribution in [-0.2, 0) is 16.1 Å². The summed E-state index contributed by atoms with van der Waals surface area (Å²) in [5, 5.41) is 7.64. The van der Waals surface area contributed by atoms with Crippen LogP contribution in [0.3, 0.4) is 0 Å². The summed E-state index contributed by atoms with van der Waals surface area (Å²) in [6.45, 7) is 6.76. The molecule has 0 saturated carbocycles. The number of hydrogen-bond donors (Lipinski definition) is 1. The molecule has 32 heavy (non-hydrogen) atoms. The molecule has 2 heterocycles. The van der Waals surface area contributed by atoms with Crippen LogP contribution in [0.25, 0.3) is 0 Å². The molecule has 1 atom stereocenters. The summed E-state index contributed by atoms with van der Waals surface area (Å²) in [5.74, 6) is 1.04. The Morgan fingerprint density at radius 3 is 2.53 bits per heavy atom. The standard InChI is InChI=1S/C25H28N4O3/c1-4-6-21-22(24(30)31-5-2)23(29-25(28-21)26-16-27-29)19-11-13-20(14-12-19)32-15-18-9-7-17(3)8-10-18/h7-14,16,23H,4-6,15H2,1-3H3,(H,26,27,28)/t23-/m1/s1. The van der Waals surface area contributed by atoms with Crippen LogP contribution < -0.4 is 10.1 Å². The normalized spacial score (nSPS) is 15.2. The van der Waals surface area contributed by atoms with Crippen molar-refractivity contribution in [1.82, 2.24) is 14.8 Å². The zero-order chi connectivity index (χ0) is 22.5. The maximum atomic E-state index is 12.9. The Labute approximate surface area is 188 Å². The average molecular weight is 433 g/mol. The van der Waals surface area contributed by atoms with Crippen molar-refractivity contribution in [3.63, 3.8) is 0 Å². The molecule has 0 radical (unpaired) electrons. The number of carbonyl (C=O) groups excluding carboxylic acids is 1. The van der Waals surface area contributed by atoms with E-state index >= 15 is 0 Å². The molecule has 1 N–H and O–H groups in total. The predicted molar refractivity (Wildman–Crippen MR) is 122 cm³/mol. The van der Waals surface area contributed by atoms with Crippen LogP contribution in [0.1, 0.15) is 49.4 Å². The summed E-state index contributed by atoms with van der Waals surface area (Å²) in [7, 11) is 0. The molecular weight excluding hydrogens is 404 g/mol. The van der Waals surface area contributed by atoms with Gasteiger partial charge in [-0.25, -0.2) is 9.48 Å². The van der Waals surface area contributed by atoms with Gasteiger partial charge in [0, 0.05) is 5.70 Å². The maximum Gasteiger partial charge on any atom is 0.338 e. The number of nitrogens with one attached hydrogen (secondary N) is 1. The summed E-state index contributed by atoms with van der Waals surface area (Å²) in [6.07, 6.45) is 3.10. The Morgan fingerprint density at radius 2 is 1.84 bits per heavy atom. The summed E-state index contributed by atoms with van der Waals surface area (Å²) < 4.78 is 13.1. The Balaban J connectivity index is 1.62. The highest BCUT2D eigenvalue weighted by Crippen LogP contribution is 2.37. The van der Waals surface area contributed by atoms with Gasteiger partial charge in [-0.3, -0.25) is 0 Å². The first-order valence-electron chi connectivity index (χ1n) is 11.0. The number of esters is 1. The minimum atomic E-state index is -0.416. The quantitative estimate of drug-likeness (QED) is 0.515. The van der Waals surface area contributed by atoms with Gasteiger partial charge in [-0.05, 0) is 43.5 Å². The third-order valence-corrected chi connectivity index (χ3v) is 5.40. The van der Waals surface area contributed by atoms with Gasteiger partial charge in [-0.2, -0.15) is 10.1 Å². The van der Waals surface area contributed by atoms with Crippen molar-refractivity contribution < 1.29 is 14.3 Å². The summed E-state index contributed by atoms with van der Waals surface area (Å²) in [4.78, 5) is 17.3. The SMILES string of the molecule is CCCC1=C(C(=O)OCC)[C@@H](c2ccc(OCc3ccc(C)cc3)cc2)n2ncnc2N1. The topological polar surface area (TPSA) is 78.3 Å². The number of carbonyl (C=O) groups is 1. The van der Waals surface area contributed by atoms with Crippen LogP contribution >= 0.6 is 0 Å². The Morgan fingerprint density at radius 1 is 1.09 bits per heavy atom. The monoisotopic (exact) mass is 432 g/mol. The number of nitrogens with zero attached hydrogens (tertiary/aromatic N) is 3. The molecule has 0 aliphatic carbocycles. The molecule has 166 valence electrons. The second kappa shape index (κ2) is 9.68. The Bertz CT molecular complexity index is 1100. The molecular formula is C25H28N4O3. The lowest BCUT2D eigenvalue weighted by Gasteiger charge is -2.29. The smallest absolute Gasteiger partial charge is 0.338 e. The van der Waals surface area contributed by atoms with Crippen molar-refractivity contribution in [1.29, 1.82) is 0 Å². The number of rotatable bonds is 8. The van der Waals surface area contributed by atoms with Crippen molar-refractivity contribution in [3.05, 3.63) is 82.8 Å². The van der Waals surface area contributed by atoms with Crippen molar-refractivity contribution in [2.45, 2.75) is 46.3 Å².